The quantitative estimate of drug-likeness (QED) is 0.0552. The molecule has 0 saturated heterocycles. The zero-order valence-corrected chi connectivity index (χ0v) is 26.6. The van der Waals surface area contributed by atoms with Crippen LogP contribution >= 0.6 is 24.4 Å². The highest BCUT2D eigenvalue weighted by molar-refractivity contribution is 7.81. The Morgan fingerprint density at radius 1 is 0.524 bits per heavy atom. The van der Waals surface area contributed by atoms with Crippen molar-refractivity contribution in [1.82, 2.24) is 9.97 Å². The summed E-state index contributed by atoms with van der Waals surface area (Å²) in [4.78, 5) is 16.7. The predicted octanol–water partition coefficient (Wildman–Crippen LogP) is 10.2. The van der Waals surface area contributed by atoms with E-state index in [1.165, 1.54) is 108 Å². The summed E-state index contributed by atoms with van der Waals surface area (Å²) in [5, 5.41) is 7.22. The van der Waals surface area contributed by atoms with E-state index >= 15 is 0 Å². The Bertz CT molecular complexity index is 1670. The molecule has 6 heteroatoms. The second kappa shape index (κ2) is 11.6. The van der Waals surface area contributed by atoms with E-state index in [4.69, 9.17) is 34.4 Å². The minimum Gasteiger partial charge on any atom is -0.332 e. The zero-order valence-electron chi connectivity index (χ0n) is 25.0. The van der Waals surface area contributed by atoms with Gasteiger partial charge in [0, 0.05) is 68.9 Å². The molecule has 0 saturated carbocycles. The summed E-state index contributed by atoms with van der Waals surface area (Å²) in [5.74, 6) is 0. The molecule has 3 aromatic carbocycles. The molecule has 4 heterocycles. The van der Waals surface area contributed by atoms with Crippen LogP contribution in [-0.4, -0.2) is 33.0 Å². The van der Waals surface area contributed by atoms with Crippen molar-refractivity contribution in [2.24, 2.45) is 0 Å². The Morgan fingerprint density at radius 3 is 1.36 bits per heavy atom. The van der Waals surface area contributed by atoms with Gasteiger partial charge in [0.05, 0.1) is 22.4 Å². The molecule has 2 aliphatic heterocycles. The lowest BCUT2D eigenvalue weighted by molar-refractivity contribution is 0.611. The van der Waals surface area contributed by atoms with Crippen molar-refractivity contribution in [2.45, 2.75) is 90.9 Å². The largest absolute Gasteiger partial charge is 0.332 e. The first-order valence-corrected chi connectivity index (χ1v) is 17.0. The van der Waals surface area contributed by atoms with Crippen molar-refractivity contribution in [3.05, 3.63) is 47.8 Å². The molecular formula is C36H40N4S2. The Morgan fingerprint density at radius 2 is 0.929 bits per heavy atom. The molecule has 0 fully saturated rings. The van der Waals surface area contributed by atoms with Gasteiger partial charge in [0.25, 0.3) is 0 Å². The van der Waals surface area contributed by atoms with Gasteiger partial charge in [-0.1, -0.05) is 102 Å². The van der Waals surface area contributed by atoms with Crippen molar-refractivity contribution in [1.29, 1.82) is 0 Å². The molecule has 0 aliphatic carbocycles. The van der Waals surface area contributed by atoms with Gasteiger partial charge in [0.1, 0.15) is 9.98 Å². The van der Waals surface area contributed by atoms with E-state index < -0.39 is 0 Å². The number of fused-ring (bicyclic) bond motifs is 2. The van der Waals surface area contributed by atoms with Crippen molar-refractivity contribution in [2.75, 3.05) is 22.9 Å². The second-order valence-electron chi connectivity index (χ2n) is 12.3. The number of pyridine rings is 2. The molecule has 0 spiro atoms. The standard InChI is InChI=1S/C36H40N4S2/c1-3-5-7-9-11-13-19-39-27-17-15-23-31-29(27)25(35(39)41)21-37-33(31)24-16-18-28-30-26(22-38-34(23)32(24)30)36(42)40(28)20-14-12-10-8-6-4-2/h15-18,21-22H,3-14,19-20H2,1-2H3. The number of rotatable bonds is 14. The summed E-state index contributed by atoms with van der Waals surface area (Å²) in [5.41, 5.74) is 6.75. The highest BCUT2D eigenvalue weighted by Gasteiger charge is 2.33. The van der Waals surface area contributed by atoms with E-state index in [2.05, 4.69) is 47.9 Å². The van der Waals surface area contributed by atoms with Crippen LogP contribution in [0.5, 0.6) is 0 Å². The van der Waals surface area contributed by atoms with E-state index in [1.807, 2.05) is 12.4 Å². The minimum atomic E-state index is 0.915. The lowest BCUT2D eigenvalue weighted by Gasteiger charge is -2.20. The van der Waals surface area contributed by atoms with E-state index in [0.717, 1.165) is 58.1 Å². The fourth-order valence-electron chi connectivity index (χ4n) is 7.37. The molecule has 2 aliphatic rings. The molecule has 7 rings (SSSR count). The average molecular weight is 593 g/mol. The van der Waals surface area contributed by atoms with Crippen molar-refractivity contribution in [3.63, 3.8) is 0 Å². The number of nitrogens with zero attached hydrogens (tertiary/aromatic N) is 4. The number of unbranched alkanes of at least 4 members (excludes halogenated alkanes) is 10. The van der Waals surface area contributed by atoms with Crippen LogP contribution in [0.4, 0.5) is 11.4 Å². The lowest BCUT2D eigenvalue weighted by atomic mass is 9.92. The average Bonchev–Trinajstić information content (AvgIpc) is 3.45. The van der Waals surface area contributed by atoms with Crippen LogP contribution in [0, 0.1) is 0 Å². The molecule has 0 unspecified atom stereocenters. The zero-order chi connectivity index (χ0) is 28.8. The molecule has 4 nitrogen and oxygen atoms in total. The first-order chi connectivity index (χ1) is 20.7. The van der Waals surface area contributed by atoms with Crippen molar-refractivity contribution >= 4 is 89.1 Å². The summed E-state index contributed by atoms with van der Waals surface area (Å²) >= 11 is 12.1. The maximum atomic E-state index is 6.04. The van der Waals surface area contributed by atoms with Crippen LogP contribution < -0.4 is 9.80 Å². The number of hydrogen-bond donors (Lipinski definition) is 0. The third-order valence-electron chi connectivity index (χ3n) is 9.54. The predicted molar refractivity (Wildman–Crippen MR) is 188 cm³/mol. The second-order valence-corrected chi connectivity index (χ2v) is 13.0. The minimum absolute atomic E-state index is 0.915. The van der Waals surface area contributed by atoms with Crippen molar-refractivity contribution < 1.29 is 0 Å². The fraction of sp³-hybridized carbons (Fsp3) is 0.444. The van der Waals surface area contributed by atoms with E-state index in [-0.39, 0.29) is 0 Å². The Hall–Kier alpha value is -2.96. The summed E-state index contributed by atoms with van der Waals surface area (Å²) in [6.07, 6.45) is 19.4. The van der Waals surface area contributed by atoms with Gasteiger partial charge in [-0.2, -0.15) is 0 Å². The SMILES string of the molecule is CCCCCCCCN1C(=S)c2cnc3c4ccc5c6c(cnc(c7ccc1c2c73)c64)C(=S)N5CCCCCCCC. The highest BCUT2D eigenvalue weighted by Crippen LogP contribution is 2.49. The molecular weight excluding hydrogens is 553 g/mol. The molecule has 0 atom stereocenters. The first-order valence-electron chi connectivity index (χ1n) is 16.2. The van der Waals surface area contributed by atoms with Gasteiger partial charge in [0.2, 0.25) is 0 Å². The summed E-state index contributed by atoms with van der Waals surface area (Å²) < 4.78 is 0. The lowest BCUT2D eigenvalue weighted by Crippen LogP contribution is -2.26. The topological polar surface area (TPSA) is 32.3 Å². The first kappa shape index (κ1) is 27.8. The molecule has 2 aromatic heterocycles. The molecule has 0 radical (unpaired) electrons. The fourth-order valence-corrected chi connectivity index (χ4v) is 8.06. The van der Waals surface area contributed by atoms with Gasteiger partial charge in [0.15, 0.2) is 0 Å². The monoisotopic (exact) mass is 592 g/mol. The van der Waals surface area contributed by atoms with Gasteiger partial charge in [-0.25, -0.2) is 0 Å². The number of benzene rings is 3. The molecule has 0 N–H and O–H groups in total. The van der Waals surface area contributed by atoms with Gasteiger partial charge < -0.3 is 9.80 Å². The van der Waals surface area contributed by atoms with Crippen LogP contribution in [0.25, 0.3) is 43.4 Å². The summed E-state index contributed by atoms with van der Waals surface area (Å²) in [7, 11) is 0. The third kappa shape index (κ3) is 4.36. The molecule has 42 heavy (non-hydrogen) atoms. The maximum absolute atomic E-state index is 6.04. The summed E-state index contributed by atoms with van der Waals surface area (Å²) in [6, 6.07) is 9.06. The Kier molecular flexibility index (Phi) is 7.70. The molecule has 0 amide bonds. The Labute approximate surface area is 259 Å². The molecule has 216 valence electrons. The number of hydrogen-bond acceptors (Lipinski definition) is 4. The van der Waals surface area contributed by atoms with Crippen LogP contribution in [-0.2, 0) is 0 Å². The Balaban J connectivity index is 1.27. The van der Waals surface area contributed by atoms with Crippen LogP contribution in [0.3, 0.4) is 0 Å². The number of thiocarbonyl (C=S) groups is 2. The number of aromatic nitrogens is 2. The molecule has 5 aromatic rings. The number of anilines is 2. The normalized spacial score (nSPS) is 14.3. The summed E-state index contributed by atoms with van der Waals surface area (Å²) in [6.45, 7) is 6.47. The van der Waals surface area contributed by atoms with Gasteiger partial charge in [-0.15, -0.1) is 0 Å². The van der Waals surface area contributed by atoms with Gasteiger partial charge >= 0.3 is 0 Å². The van der Waals surface area contributed by atoms with E-state index in [1.54, 1.807) is 0 Å². The third-order valence-corrected chi connectivity index (χ3v) is 10.4. The smallest absolute Gasteiger partial charge is 0.115 e. The highest BCUT2D eigenvalue weighted by atomic mass is 32.1. The van der Waals surface area contributed by atoms with Gasteiger partial charge in [-0.3, -0.25) is 9.97 Å². The maximum Gasteiger partial charge on any atom is 0.115 e. The van der Waals surface area contributed by atoms with Crippen LogP contribution in [0.15, 0.2) is 36.7 Å². The van der Waals surface area contributed by atoms with Crippen molar-refractivity contribution in [3.8, 4) is 0 Å². The van der Waals surface area contributed by atoms with Gasteiger partial charge in [-0.05, 0) is 37.1 Å². The van der Waals surface area contributed by atoms with Crippen LogP contribution in [0.1, 0.15) is 102 Å². The van der Waals surface area contributed by atoms with E-state index in [9.17, 15) is 0 Å². The van der Waals surface area contributed by atoms with E-state index in [0.29, 0.717) is 0 Å². The van der Waals surface area contributed by atoms with Crippen LogP contribution in [0.2, 0.25) is 0 Å². The molecule has 0 bridgehead atoms.